The minimum atomic E-state index is -0.310. The molecule has 1 aliphatic carbocycles. The Kier molecular flexibility index (Phi) is 5.45. The Hall–Kier alpha value is -0.600. The van der Waals surface area contributed by atoms with Crippen molar-refractivity contribution < 1.29 is 4.39 Å². The van der Waals surface area contributed by atoms with E-state index in [1.165, 1.54) is 25.7 Å². The summed E-state index contributed by atoms with van der Waals surface area (Å²) in [6, 6.07) is 5.62. The first-order valence-corrected chi connectivity index (χ1v) is 8.10. The molecule has 0 aromatic heterocycles. The van der Waals surface area contributed by atoms with Crippen molar-refractivity contribution in [1.29, 1.82) is 0 Å². The van der Waals surface area contributed by atoms with Crippen LogP contribution in [0.5, 0.6) is 0 Å². The lowest BCUT2D eigenvalue weighted by atomic mass is 9.77. The summed E-state index contributed by atoms with van der Waals surface area (Å²) in [5, 5.41) is 3.89. The third-order valence-electron chi connectivity index (χ3n) is 4.65. The first kappa shape index (κ1) is 15.8. The second kappa shape index (κ2) is 6.91. The molecule has 0 spiro atoms. The van der Waals surface area contributed by atoms with Crippen molar-refractivity contribution in [1.82, 2.24) is 5.32 Å². The van der Waals surface area contributed by atoms with Crippen molar-refractivity contribution in [2.75, 3.05) is 6.54 Å². The average Bonchev–Trinajstić information content (AvgIpc) is 2.86. The van der Waals surface area contributed by atoms with Crippen molar-refractivity contribution in [2.24, 2.45) is 5.41 Å². The lowest BCUT2D eigenvalue weighted by molar-refractivity contribution is 0.219. The summed E-state index contributed by atoms with van der Waals surface area (Å²) >= 11 is 5.76. The summed E-state index contributed by atoms with van der Waals surface area (Å²) in [6.45, 7) is 5.58. The van der Waals surface area contributed by atoms with E-state index in [9.17, 15) is 4.39 Å². The lowest BCUT2D eigenvalue weighted by Gasteiger charge is -2.35. The summed E-state index contributed by atoms with van der Waals surface area (Å²) in [5.41, 5.74) is 1.37. The van der Waals surface area contributed by atoms with Gasteiger partial charge in [-0.3, -0.25) is 0 Å². The number of hydrogen-bond donors (Lipinski definition) is 1. The molecule has 20 heavy (non-hydrogen) atoms. The Morgan fingerprint density at radius 2 is 2.05 bits per heavy atom. The minimum Gasteiger partial charge on any atom is -0.313 e. The van der Waals surface area contributed by atoms with Crippen LogP contribution in [0.4, 0.5) is 4.39 Å². The second-order valence-electron chi connectivity index (χ2n) is 6.32. The van der Waals surface area contributed by atoms with Crippen molar-refractivity contribution in [3.8, 4) is 0 Å². The maximum absolute atomic E-state index is 13.6. The topological polar surface area (TPSA) is 12.0 Å². The van der Waals surface area contributed by atoms with Gasteiger partial charge in [-0.2, -0.15) is 0 Å². The number of halogens is 2. The Balaban J connectivity index is 2.12. The predicted octanol–water partition coefficient (Wildman–Crippen LogP) is 4.97. The van der Waals surface area contributed by atoms with Gasteiger partial charge in [0.1, 0.15) is 5.82 Å². The van der Waals surface area contributed by atoms with Crippen LogP contribution in [-0.4, -0.2) is 12.6 Å². The molecule has 1 unspecified atom stereocenters. The highest BCUT2D eigenvalue weighted by Crippen LogP contribution is 2.41. The minimum absolute atomic E-state index is 0.207. The van der Waals surface area contributed by atoms with Crippen LogP contribution in [0.1, 0.15) is 51.5 Å². The van der Waals surface area contributed by atoms with Gasteiger partial charge in [0.15, 0.2) is 0 Å². The van der Waals surface area contributed by atoms with E-state index >= 15 is 0 Å². The molecule has 1 N–H and O–H groups in total. The van der Waals surface area contributed by atoms with Gasteiger partial charge in [-0.05, 0) is 55.3 Å². The summed E-state index contributed by atoms with van der Waals surface area (Å²) in [7, 11) is 0. The first-order chi connectivity index (χ1) is 9.55. The van der Waals surface area contributed by atoms with E-state index in [1.807, 2.05) is 6.07 Å². The molecule has 0 saturated heterocycles. The third kappa shape index (κ3) is 3.73. The number of hydrogen-bond acceptors (Lipinski definition) is 1. The average molecular weight is 298 g/mol. The zero-order valence-corrected chi connectivity index (χ0v) is 13.3. The molecule has 1 aromatic carbocycles. The van der Waals surface area contributed by atoms with E-state index in [-0.39, 0.29) is 10.8 Å². The fourth-order valence-corrected chi connectivity index (χ4v) is 3.43. The molecule has 0 aliphatic heterocycles. The Morgan fingerprint density at radius 1 is 1.35 bits per heavy atom. The standard InChI is InChI=1S/C17H25ClFN/c1-3-10-20-16(17(2)8-4-5-9-17)12-13-6-7-14(18)15(19)11-13/h6-7,11,16,20H,3-5,8-10,12H2,1-2H3. The molecule has 1 atom stereocenters. The molecule has 1 aliphatic rings. The monoisotopic (exact) mass is 297 g/mol. The molecular formula is C17H25ClFN. The van der Waals surface area contributed by atoms with Gasteiger partial charge in [-0.15, -0.1) is 0 Å². The molecule has 1 aromatic rings. The highest BCUT2D eigenvalue weighted by atomic mass is 35.5. The fraction of sp³-hybridized carbons (Fsp3) is 0.647. The molecular weight excluding hydrogens is 273 g/mol. The second-order valence-corrected chi connectivity index (χ2v) is 6.73. The van der Waals surface area contributed by atoms with E-state index in [0.29, 0.717) is 11.5 Å². The Bertz CT molecular complexity index is 441. The van der Waals surface area contributed by atoms with Crippen LogP contribution in [0, 0.1) is 11.2 Å². The Morgan fingerprint density at radius 3 is 2.65 bits per heavy atom. The zero-order chi connectivity index (χ0) is 14.6. The normalized spacial score (nSPS) is 19.2. The third-order valence-corrected chi connectivity index (χ3v) is 4.96. The van der Waals surface area contributed by atoms with Crippen LogP contribution in [-0.2, 0) is 6.42 Å². The van der Waals surface area contributed by atoms with Crippen molar-refractivity contribution in [2.45, 2.75) is 58.4 Å². The van der Waals surface area contributed by atoms with E-state index in [4.69, 9.17) is 11.6 Å². The van der Waals surface area contributed by atoms with Gasteiger partial charge in [0.05, 0.1) is 5.02 Å². The number of rotatable bonds is 6. The fourth-order valence-electron chi connectivity index (χ4n) is 3.32. The van der Waals surface area contributed by atoms with Crippen molar-refractivity contribution in [3.05, 3.63) is 34.6 Å². The molecule has 3 heteroatoms. The Labute approximate surface area is 126 Å². The number of benzene rings is 1. The van der Waals surface area contributed by atoms with Gasteiger partial charge in [0.2, 0.25) is 0 Å². The van der Waals surface area contributed by atoms with Crippen molar-refractivity contribution in [3.63, 3.8) is 0 Å². The summed E-state index contributed by atoms with van der Waals surface area (Å²) in [5.74, 6) is -0.310. The highest BCUT2D eigenvalue weighted by molar-refractivity contribution is 6.30. The maximum Gasteiger partial charge on any atom is 0.142 e. The smallest absolute Gasteiger partial charge is 0.142 e. The van der Waals surface area contributed by atoms with E-state index in [1.54, 1.807) is 12.1 Å². The van der Waals surface area contributed by atoms with Gasteiger partial charge in [-0.25, -0.2) is 4.39 Å². The molecule has 0 amide bonds. The largest absolute Gasteiger partial charge is 0.313 e. The number of nitrogens with one attached hydrogen (secondary N) is 1. The molecule has 0 heterocycles. The molecule has 0 bridgehead atoms. The summed E-state index contributed by atoms with van der Waals surface area (Å²) in [6.07, 6.45) is 7.17. The predicted molar refractivity (Wildman–Crippen MR) is 83.8 cm³/mol. The van der Waals surface area contributed by atoms with Crippen LogP contribution in [0.15, 0.2) is 18.2 Å². The van der Waals surface area contributed by atoms with Gasteiger partial charge in [0, 0.05) is 6.04 Å². The van der Waals surface area contributed by atoms with E-state index in [2.05, 4.69) is 19.2 Å². The molecule has 1 nitrogen and oxygen atoms in total. The summed E-state index contributed by atoms with van der Waals surface area (Å²) < 4.78 is 13.6. The van der Waals surface area contributed by atoms with Gasteiger partial charge >= 0.3 is 0 Å². The van der Waals surface area contributed by atoms with Gasteiger partial charge in [0.25, 0.3) is 0 Å². The van der Waals surface area contributed by atoms with Crippen LogP contribution in [0.25, 0.3) is 0 Å². The SMILES string of the molecule is CCCNC(Cc1ccc(Cl)c(F)c1)C1(C)CCCC1. The molecule has 0 radical (unpaired) electrons. The van der Waals surface area contributed by atoms with Crippen LogP contribution < -0.4 is 5.32 Å². The van der Waals surface area contributed by atoms with Crippen molar-refractivity contribution >= 4 is 11.6 Å². The zero-order valence-electron chi connectivity index (χ0n) is 12.5. The lowest BCUT2D eigenvalue weighted by Crippen LogP contribution is -2.44. The molecule has 2 rings (SSSR count). The molecule has 112 valence electrons. The van der Waals surface area contributed by atoms with Gasteiger partial charge in [-0.1, -0.05) is 44.4 Å². The molecule has 1 fully saturated rings. The van der Waals surface area contributed by atoms with Crippen LogP contribution in [0.3, 0.4) is 0 Å². The molecule has 1 saturated carbocycles. The van der Waals surface area contributed by atoms with E-state index in [0.717, 1.165) is 24.9 Å². The van der Waals surface area contributed by atoms with Crippen LogP contribution >= 0.6 is 11.6 Å². The maximum atomic E-state index is 13.6. The highest BCUT2D eigenvalue weighted by Gasteiger charge is 2.36. The van der Waals surface area contributed by atoms with E-state index < -0.39 is 0 Å². The van der Waals surface area contributed by atoms with Gasteiger partial charge < -0.3 is 5.32 Å². The first-order valence-electron chi connectivity index (χ1n) is 7.72. The quantitative estimate of drug-likeness (QED) is 0.781. The van der Waals surface area contributed by atoms with Crippen LogP contribution in [0.2, 0.25) is 5.02 Å². The summed E-state index contributed by atoms with van der Waals surface area (Å²) in [4.78, 5) is 0.